The second-order valence-electron chi connectivity index (χ2n) is 2.89. The summed E-state index contributed by atoms with van der Waals surface area (Å²) in [5.74, 6) is -0.835. The highest BCUT2D eigenvalue weighted by atomic mass is 19.1. The Balaban J connectivity index is 2.60. The molecule has 72 valence electrons. The summed E-state index contributed by atoms with van der Waals surface area (Å²) in [4.78, 5) is 13.9. The fourth-order valence-corrected chi connectivity index (χ4v) is 1.33. The molecule has 0 radical (unpaired) electrons. The molecule has 14 heavy (non-hydrogen) atoms. The van der Waals surface area contributed by atoms with Crippen molar-refractivity contribution in [1.29, 1.82) is 0 Å². The van der Waals surface area contributed by atoms with Crippen LogP contribution in [0.1, 0.15) is 10.4 Å². The van der Waals surface area contributed by atoms with Gasteiger partial charge in [0.1, 0.15) is 5.82 Å². The zero-order valence-corrected chi connectivity index (χ0v) is 7.50. The van der Waals surface area contributed by atoms with Crippen LogP contribution < -0.4 is 0 Å². The molecule has 0 spiro atoms. The highest BCUT2D eigenvalue weighted by molar-refractivity contribution is 5.94. The normalized spacial score (nSPS) is 10.4. The number of esters is 1. The molecule has 0 unspecified atom stereocenters. The van der Waals surface area contributed by atoms with E-state index < -0.39 is 5.97 Å². The monoisotopic (exact) mass is 193 g/mol. The molecule has 3 nitrogen and oxygen atoms in total. The number of hydrogen-bond donors (Lipinski definition) is 1. The van der Waals surface area contributed by atoms with Crippen LogP contribution in [0.25, 0.3) is 10.9 Å². The Kier molecular flexibility index (Phi) is 1.96. The second-order valence-corrected chi connectivity index (χ2v) is 2.89. The van der Waals surface area contributed by atoms with Gasteiger partial charge in [0.25, 0.3) is 0 Å². The first-order valence-electron chi connectivity index (χ1n) is 4.07. The number of carbonyl (C=O) groups is 1. The molecule has 0 saturated heterocycles. The number of nitrogens with one attached hydrogen (secondary N) is 1. The van der Waals surface area contributed by atoms with E-state index in [1.165, 1.54) is 19.4 Å². The average Bonchev–Trinajstić information content (AvgIpc) is 2.59. The first kappa shape index (κ1) is 8.74. The van der Waals surface area contributed by atoms with Gasteiger partial charge in [-0.25, -0.2) is 9.18 Å². The molecule has 2 aromatic rings. The SMILES string of the molecule is COC(=O)c1ccc2[nH]cc(F)c2c1. The molecule has 1 aromatic carbocycles. The van der Waals surface area contributed by atoms with Crippen molar-refractivity contribution in [3.05, 3.63) is 35.8 Å². The number of aromatic nitrogens is 1. The summed E-state index contributed by atoms with van der Waals surface area (Å²) < 4.78 is 17.6. The quantitative estimate of drug-likeness (QED) is 0.704. The maximum atomic E-state index is 13.1. The highest BCUT2D eigenvalue weighted by Crippen LogP contribution is 2.18. The minimum atomic E-state index is -0.465. The summed E-state index contributed by atoms with van der Waals surface area (Å²) in [5, 5.41) is 0.396. The van der Waals surface area contributed by atoms with E-state index >= 15 is 0 Å². The van der Waals surface area contributed by atoms with Crippen molar-refractivity contribution in [3.8, 4) is 0 Å². The minimum Gasteiger partial charge on any atom is -0.465 e. The van der Waals surface area contributed by atoms with E-state index in [4.69, 9.17) is 0 Å². The molecule has 0 aliphatic rings. The van der Waals surface area contributed by atoms with Crippen molar-refractivity contribution in [2.75, 3.05) is 7.11 Å². The number of fused-ring (bicyclic) bond motifs is 1. The number of H-pyrrole nitrogens is 1. The molecule has 0 atom stereocenters. The van der Waals surface area contributed by atoms with Crippen LogP contribution in [0, 0.1) is 5.82 Å². The molecule has 0 aliphatic heterocycles. The maximum Gasteiger partial charge on any atom is 0.337 e. The summed E-state index contributed by atoms with van der Waals surface area (Å²) in [6.45, 7) is 0. The smallest absolute Gasteiger partial charge is 0.337 e. The maximum absolute atomic E-state index is 13.1. The highest BCUT2D eigenvalue weighted by Gasteiger charge is 2.08. The van der Waals surface area contributed by atoms with Gasteiger partial charge in [-0.15, -0.1) is 0 Å². The number of hydrogen-bond acceptors (Lipinski definition) is 2. The van der Waals surface area contributed by atoms with Crippen LogP contribution in [0.15, 0.2) is 24.4 Å². The van der Waals surface area contributed by atoms with E-state index in [1.807, 2.05) is 0 Å². The van der Waals surface area contributed by atoms with Gasteiger partial charge in [0, 0.05) is 17.1 Å². The Morgan fingerprint density at radius 1 is 1.50 bits per heavy atom. The Hall–Kier alpha value is -1.84. The third-order valence-corrected chi connectivity index (χ3v) is 2.05. The van der Waals surface area contributed by atoms with Crippen LogP contribution in [0.4, 0.5) is 4.39 Å². The largest absolute Gasteiger partial charge is 0.465 e. The third kappa shape index (κ3) is 1.25. The van der Waals surface area contributed by atoms with Gasteiger partial charge in [-0.05, 0) is 18.2 Å². The van der Waals surface area contributed by atoms with Crippen LogP contribution in [0.5, 0.6) is 0 Å². The van der Waals surface area contributed by atoms with Gasteiger partial charge in [-0.1, -0.05) is 0 Å². The Morgan fingerprint density at radius 3 is 3.00 bits per heavy atom. The van der Waals surface area contributed by atoms with Crippen molar-refractivity contribution in [2.24, 2.45) is 0 Å². The molecule has 0 bridgehead atoms. The summed E-state index contributed by atoms with van der Waals surface area (Å²) in [5.41, 5.74) is 1.01. The van der Waals surface area contributed by atoms with Crippen LogP contribution in [-0.2, 0) is 4.74 Å². The van der Waals surface area contributed by atoms with Crippen molar-refractivity contribution >= 4 is 16.9 Å². The Morgan fingerprint density at radius 2 is 2.29 bits per heavy atom. The lowest BCUT2D eigenvalue weighted by Gasteiger charge is -1.98. The molecule has 2 rings (SSSR count). The zero-order chi connectivity index (χ0) is 10.1. The number of methoxy groups -OCH3 is 1. The van der Waals surface area contributed by atoms with Gasteiger partial charge in [0.05, 0.1) is 12.7 Å². The van der Waals surface area contributed by atoms with Gasteiger partial charge in [-0.2, -0.15) is 0 Å². The number of ether oxygens (including phenoxy) is 1. The van der Waals surface area contributed by atoms with Crippen molar-refractivity contribution in [2.45, 2.75) is 0 Å². The summed E-state index contributed by atoms with van der Waals surface area (Å²) in [6.07, 6.45) is 1.26. The predicted octanol–water partition coefficient (Wildman–Crippen LogP) is 2.09. The summed E-state index contributed by atoms with van der Waals surface area (Å²) in [6, 6.07) is 4.70. The number of halogens is 1. The van der Waals surface area contributed by atoms with Crippen LogP contribution in [0.2, 0.25) is 0 Å². The lowest BCUT2D eigenvalue weighted by atomic mass is 10.1. The first-order valence-corrected chi connectivity index (χ1v) is 4.07. The number of carbonyl (C=O) groups excluding carboxylic acids is 1. The van der Waals surface area contributed by atoms with E-state index in [9.17, 15) is 9.18 Å². The molecule has 0 amide bonds. The summed E-state index contributed by atoms with van der Waals surface area (Å²) >= 11 is 0. The summed E-state index contributed by atoms with van der Waals surface area (Å²) in [7, 11) is 1.29. The average molecular weight is 193 g/mol. The molecule has 1 N–H and O–H groups in total. The fraction of sp³-hybridized carbons (Fsp3) is 0.100. The van der Waals surface area contributed by atoms with Gasteiger partial charge >= 0.3 is 5.97 Å². The molecule has 0 fully saturated rings. The van der Waals surface area contributed by atoms with Crippen LogP contribution >= 0.6 is 0 Å². The van der Waals surface area contributed by atoms with E-state index in [0.717, 1.165) is 0 Å². The molecule has 1 heterocycles. The topological polar surface area (TPSA) is 42.1 Å². The van der Waals surface area contributed by atoms with Crippen molar-refractivity contribution in [1.82, 2.24) is 4.98 Å². The van der Waals surface area contributed by atoms with Gasteiger partial charge < -0.3 is 9.72 Å². The van der Waals surface area contributed by atoms with Crippen LogP contribution in [-0.4, -0.2) is 18.1 Å². The Labute approximate surface area is 79.5 Å². The van der Waals surface area contributed by atoms with E-state index in [0.29, 0.717) is 16.5 Å². The molecule has 1 aromatic heterocycles. The lowest BCUT2D eigenvalue weighted by Crippen LogP contribution is -2.00. The number of rotatable bonds is 1. The predicted molar refractivity (Wildman–Crippen MR) is 49.6 cm³/mol. The molecular formula is C10H8FNO2. The molecular weight excluding hydrogens is 185 g/mol. The van der Waals surface area contributed by atoms with Crippen molar-refractivity contribution < 1.29 is 13.9 Å². The third-order valence-electron chi connectivity index (χ3n) is 2.05. The van der Waals surface area contributed by atoms with Gasteiger partial charge in [0.15, 0.2) is 0 Å². The van der Waals surface area contributed by atoms with Crippen LogP contribution in [0.3, 0.4) is 0 Å². The van der Waals surface area contributed by atoms with Gasteiger partial charge in [0.2, 0.25) is 0 Å². The Bertz CT molecular complexity index is 490. The molecule has 4 heteroatoms. The second kappa shape index (κ2) is 3.14. The first-order chi connectivity index (χ1) is 6.72. The minimum absolute atomic E-state index is 0.346. The van der Waals surface area contributed by atoms with Gasteiger partial charge in [-0.3, -0.25) is 0 Å². The van der Waals surface area contributed by atoms with E-state index in [1.54, 1.807) is 12.1 Å². The standard InChI is InChI=1S/C10H8FNO2/c1-14-10(13)6-2-3-9-7(4-6)8(11)5-12-9/h2-5,12H,1H3. The number of benzene rings is 1. The number of aromatic amines is 1. The lowest BCUT2D eigenvalue weighted by molar-refractivity contribution is 0.0601. The zero-order valence-electron chi connectivity index (χ0n) is 7.50. The van der Waals surface area contributed by atoms with E-state index in [2.05, 4.69) is 9.72 Å². The molecule has 0 aliphatic carbocycles. The fourth-order valence-electron chi connectivity index (χ4n) is 1.33. The molecule has 0 saturated carbocycles. The van der Waals surface area contributed by atoms with E-state index in [-0.39, 0.29) is 5.82 Å². The van der Waals surface area contributed by atoms with Crippen molar-refractivity contribution in [3.63, 3.8) is 0 Å².